The van der Waals surface area contributed by atoms with Crippen molar-refractivity contribution in [2.24, 2.45) is 0 Å². The molecule has 232 valence electrons. The Hall–Kier alpha value is -3.75. The molecule has 0 aromatic heterocycles. The predicted molar refractivity (Wildman–Crippen MR) is 145 cm³/mol. The highest BCUT2D eigenvalue weighted by Crippen LogP contribution is 2.10. The molecule has 0 radical (unpaired) electrons. The Balaban J connectivity index is 0.000000420. The van der Waals surface area contributed by atoms with Crippen molar-refractivity contribution in [3.05, 3.63) is 70.2 Å². The van der Waals surface area contributed by atoms with Gasteiger partial charge in [0.2, 0.25) is 23.6 Å². The molecule has 0 aliphatic rings. The van der Waals surface area contributed by atoms with Crippen molar-refractivity contribution >= 4 is 35.2 Å². The third-order valence-electron chi connectivity index (χ3n) is 5.07. The fraction of sp³-hybridized carbons (Fsp3) is 0.407. The summed E-state index contributed by atoms with van der Waals surface area (Å²) >= 11 is 5.80. The van der Waals surface area contributed by atoms with E-state index in [1.165, 1.54) is 13.8 Å². The van der Waals surface area contributed by atoms with Gasteiger partial charge < -0.3 is 30.7 Å². The standard InChI is InChI=1S/C14H18F2N2O3.C13H15ClF2N2O3/c1-9-4-3-5-11(6-9)7-17-13(20)12(18-10(2)19)8-21-14(15)16;1-8(19)18-11(7-21-13(15)16)12(20)17-6-9-3-2-4-10(14)5-9/h3-6,12,14H,7-8H2,1-2H3,(H,17,20)(H,18,19);2-5,11,13H,6-7H2,1H3,(H,17,20)(H,18,19)/t12-;11-/m11/s1. The number of hydrogen-bond donors (Lipinski definition) is 4. The number of ether oxygens (including phenoxy) is 2. The molecule has 0 unspecified atom stereocenters. The number of amides is 4. The van der Waals surface area contributed by atoms with Crippen LogP contribution < -0.4 is 21.3 Å². The molecular formula is C27H33ClF4N4O6. The fourth-order valence-corrected chi connectivity index (χ4v) is 3.50. The van der Waals surface area contributed by atoms with Crippen molar-refractivity contribution in [3.63, 3.8) is 0 Å². The summed E-state index contributed by atoms with van der Waals surface area (Å²) in [7, 11) is 0. The summed E-state index contributed by atoms with van der Waals surface area (Å²) in [6.45, 7) is -2.51. The summed E-state index contributed by atoms with van der Waals surface area (Å²) < 4.78 is 56.2. The van der Waals surface area contributed by atoms with Crippen molar-refractivity contribution in [2.75, 3.05) is 13.2 Å². The van der Waals surface area contributed by atoms with Gasteiger partial charge in [-0.25, -0.2) is 0 Å². The molecule has 0 saturated heterocycles. The molecule has 42 heavy (non-hydrogen) atoms. The van der Waals surface area contributed by atoms with E-state index >= 15 is 0 Å². The molecule has 0 aliphatic carbocycles. The Morgan fingerprint density at radius 3 is 1.55 bits per heavy atom. The van der Waals surface area contributed by atoms with E-state index in [2.05, 4.69) is 30.7 Å². The number of carbonyl (C=O) groups is 4. The zero-order valence-electron chi connectivity index (χ0n) is 23.1. The van der Waals surface area contributed by atoms with Crippen LogP contribution in [0.2, 0.25) is 5.02 Å². The van der Waals surface area contributed by atoms with Gasteiger partial charge in [-0.2, -0.15) is 17.6 Å². The quantitative estimate of drug-likeness (QED) is 0.240. The Bertz CT molecular complexity index is 1090. The lowest BCUT2D eigenvalue weighted by Crippen LogP contribution is -2.48. The molecule has 0 heterocycles. The normalized spacial score (nSPS) is 12.0. The fourth-order valence-electron chi connectivity index (χ4n) is 3.29. The minimum atomic E-state index is -3.01. The van der Waals surface area contributed by atoms with Crippen LogP contribution in [0.15, 0.2) is 48.5 Å². The SMILES string of the molecule is CC(=O)N[C@H](COC(F)F)C(=O)NCc1cccc(C)c1.CC(=O)N[C@H](COC(F)F)C(=O)NCc1cccc(Cl)c1. The lowest BCUT2D eigenvalue weighted by Gasteiger charge is -2.17. The van der Waals surface area contributed by atoms with Gasteiger partial charge in [-0.15, -0.1) is 0 Å². The number of carbonyl (C=O) groups excluding carboxylic acids is 4. The van der Waals surface area contributed by atoms with E-state index in [-0.39, 0.29) is 13.1 Å². The first kappa shape index (κ1) is 36.3. The van der Waals surface area contributed by atoms with Gasteiger partial charge in [-0.05, 0) is 30.2 Å². The molecule has 0 saturated carbocycles. The largest absolute Gasteiger partial charge is 0.350 e. The van der Waals surface area contributed by atoms with Crippen LogP contribution in [0.1, 0.15) is 30.5 Å². The van der Waals surface area contributed by atoms with Crippen LogP contribution in [0.3, 0.4) is 0 Å². The Kier molecular flexibility index (Phi) is 16.7. The van der Waals surface area contributed by atoms with E-state index in [0.717, 1.165) is 16.7 Å². The summed E-state index contributed by atoms with van der Waals surface area (Å²) in [5, 5.41) is 10.1. The van der Waals surface area contributed by atoms with Gasteiger partial charge in [-0.3, -0.25) is 19.2 Å². The highest BCUT2D eigenvalue weighted by molar-refractivity contribution is 6.30. The Labute approximate surface area is 245 Å². The van der Waals surface area contributed by atoms with Gasteiger partial charge >= 0.3 is 13.2 Å². The molecule has 0 aliphatic heterocycles. The third-order valence-corrected chi connectivity index (χ3v) is 5.31. The van der Waals surface area contributed by atoms with Gasteiger partial charge in [0, 0.05) is 32.0 Å². The first-order valence-corrected chi connectivity index (χ1v) is 12.8. The van der Waals surface area contributed by atoms with E-state index in [1.54, 1.807) is 24.3 Å². The maximum absolute atomic E-state index is 12.0. The predicted octanol–water partition coefficient (Wildman–Crippen LogP) is 3.06. The van der Waals surface area contributed by atoms with Gasteiger partial charge in [0.05, 0.1) is 13.2 Å². The second kappa shape index (κ2) is 19.4. The van der Waals surface area contributed by atoms with Gasteiger partial charge in [-0.1, -0.05) is 53.6 Å². The molecule has 4 N–H and O–H groups in total. The number of alkyl halides is 4. The molecule has 0 bridgehead atoms. The molecule has 15 heteroatoms. The van der Waals surface area contributed by atoms with Gasteiger partial charge in [0.25, 0.3) is 0 Å². The second-order valence-corrected chi connectivity index (χ2v) is 9.19. The molecule has 2 atom stereocenters. The van der Waals surface area contributed by atoms with Crippen LogP contribution in [-0.4, -0.2) is 62.1 Å². The molecule has 10 nitrogen and oxygen atoms in total. The molecular weight excluding hydrogens is 588 g/mol. The topological polar surface area (TPSA) is 135 Å². The Morgan fingerprint density at radius 2 is 1.17 bits per heavy atom. The van der Waals surface area contributed by atoms with Gasteiger partial charge in [0.15, 0.2) is 0 Å². The highest BCUT2D eigenvalue weighted by atomic mass is 35.5. The zero-order chi connectivity index (χ0) is 31.7. The van der Waals surface area contributed by atoms with E-state index in [1.807, 2.05) is 31.2 Å². The number of halogens is 5. The van der Waals surface area contributed by atoms with Crippen molar-refractivity contribution in [1.29, 1.82) is 0 Å². The number of hydrogen-bond acceptors (Lipinski definition) is 6. The molecule has 0 fully saturated rings. The van der Waals surface area contributed by atoms with Crippen LogP contribution >= 0.6 is 11.6 Å². The minimum Gasteiger partial charge on any atom is -0.350 e. The summed E-state index contributed by atoms with van der Waals surface area (Å²) in [4.78, 5) is 45.7. The summed E-state index contributed by atoms with van der Waals surface area (Å²) in [6.07, 6.45) is 0. The maximum Gasteiger partial charge on any atom is 0.345 e. The first-order valence-electron chi connectivity index (χ1n) is 12.5. The number of aryl methyl sites for hydroxylation is 1. The lowest BCUT2D eigenvalue weighted by molar-refractivity contribution is -0.147. The van der Waals surface area contributed by atoms with Crippen LogP contribution in [0.25, 0.3) is 0 Å². The molecule has 2 aromatic rings. The van der Waals surface area contributed by atoms with E-state index < -0.39 is 62.1 Å². The lowest BCUT2D eigenvalue weighted by atomic mass is 10.1. The first-order chi connectivity index (χ1) is 19.8. The van der Waals surface area contributed by atoms with E-state index in [4.69, 9.17) is 11.6 Å². The van der Waals surface area contributed by atoms with Crippen LogP contribution in [0, 0.1) is 6.92 Å². The third kappa shape index (κ3) is 16.5. The van der Waals surface area contributed by atoms with E-state index in [0.29, 0.717) is 5.02 Å². The monoisotopic (exact) mass is 620 g/mol. The second-order valence-electron chi connectivity index (χ2n) is 8.75. The number of nitrogens with one attached hydrogen (secondary N) is 4. The minimum absolute atomic E-state index is 0.157. The number of rotatable bonds is 14. The average molecular weight is 621 g/mol. The number of benzene rings is 2. The molecule has 2 aromatic carbocycles. The van der Waals surface area contributed by atoms with Crippen LogP contribution in [0.4, 0.5) is 17.6 Å². The van der Waals surface area contributed by atoms with Crippen molar-refractivity contribution < 1.29 is 46.2 Å². The molecule has 4 amide bonds. The van der Waals surface area contributed by atoms with Crippen molar-refractivity contribution in [3.8, 4) is 0 Å². The van der Waals surface area contributed by atoms with Crippen LogP contribution in [0.5, 0.6) is 0 Å². The Morgan fingerprint density at radius 1 is 0.738 bits per heavy atom. The van der Waals surface area contributed by atoms with Crippen molar-refractivity contribution in [2.45, 2.75) is 59.2 Å². The summed E-state index contributed by atoms with van der Waals surface area (Å²) in [5.41, 5.74) is 2.66. The zero-order valence-corrected chi connectivity index (χ0v) is 23.9. The van der Waals surface area contributed by atoms with Gasteiger partial charge in [0.1, 0.15) is 12.1 Å². The molecule has 0 spiro atoms. The smallest absolute Gasteiger partial charge is 0.345 e. The summed E-state index contributed by atoms with van der Waals surface area (Å²) in [6, 6.07) is 12.0. The maximum atomic E-state index is 12.0. The van der Waals surface area contributed by atoms with Crippen molar-refractivity contribution in [1.82, 2.24) is 21.3 Å². The molecule has 2 rings (SSSR count). The van der Waals surface area contributed by atoms with E-state index in [9.17, 15) is 36.7 Å². The summed E-state index contributed by atoms with van der Waals surface area (Å²) in [5.74, 6) is -2.21. The van der Waals surface area contributed by atoms with Crippen LogP contribution in [-0.2, 0) is 41.7 Å². The average Bonchev–Trinajstić information content (AvgIpc) is 2.90. The highest BCUT2D eigenvalue weighted by Gasteiger charge is 2.22.